The minimum Gasteiger partial charge on any atom is -0.411 e. The topological polar surface area (TPSA) is 41.8 Å². The van der Waals surface area contributed by atoms with Crippen LogP contribution in [0.25, 0.3) is 0 Å². The van der Waals surface area contributed by atoms with Gasteiger partial charge >= 0.3 is 0 Å². The fourth-order valence-corrected chi connectivity index (χ4v) is 2.41. The Bertz CT molecular complexity index is 396. The first-order valence-corrected chi connectivity index (χ1v) is 6.63. The summed E-state index contributed by atoms with van der Waals surface area (Å²) in [5.74, 6) is 0. The van der Waals surface area contributed by atoms with Crippen molar-refractivity contribution in [1.29, 1.82) is 0 Å². The van der Waals surface area contributed by atoms with Crippen molar-refractivity contribution in [1.82, 2.24) is 0 Å². The van der Waals surface area contributed by atoms with Crippen molar-refractivity contribution in [3.63, 3.8) is 0 Å². The van der Waals surface area contributed by atoms with Crippen LogP contribution in [0, 0.1) is 0 Å². The number of oxime groups is 1. The Morgan fingerprint density at radius 3 is 2.65 bits per heavy atom. The van der Waals surface area contributed by atoms with Crippen molar-refractivity contribution in [2.24, 2.45) is 5.16 Å². The molecule has 1 aromatic carbocycles. The Balaban J connectivity index is 1.82. The molecule has 0 spiro atoms. The van der Waals surface area contributed by atoms with Crippen LogP contribution in [0.4, 0.5) is 0 Å². The normalized spacial score (nSPS) is 20.3. The molecule has 0 heterocycles. The molecule has 1 aliphatic rings. The second-order valence-corrected chi connectivity index (χ2v) is 5.12. The Hall–Kier alpha value is -0.870. The molecule has 1 saturated carbocycles. The average Bonchev–Trinajstić information content (AvgIpc) is 2.38. The van der Waals surface area contributed by atoms with Gasteiger partial charge < -0.3 is 9.94 Å². The van der Waals surface area contributed by atoms with E-state index >= 15 is 0 Å². The van der Waals surface area contributed by atoms with Gasteiger partial charge in [-0.1, -0.05) is 39.3 Å². The molecule has 0 unspecified atom stereocenters. The largest absolute Gasteiger partial charge is 0.411 e. The van der Waals surface area contributed by atoms with E-state index in [-0.39, 0.29) is 6.10 Å². The lowest BCUT2D eigenvalue weighted by molar-refractivity contribution is 0.0274. The first-order chi connectivity index (χ1) is 8.29. The lowest BCUT2D eigenvalue weighted by Gasteiger charge is -2.22. The van der Waals surface area contributed by atoms with Crippen molar-refractivity contribution >= 4 is 21.6 Å². The summed E-state index contributed by atoms with van der Waals surface area (Å²) in [6, 6.07) is 8.10. The zero-order valence-corrected chi connectivity index (χ0v) is 11.2. The lowest BCUT2D eigenvalue weighted by atomic mass is 9.96. The summed E-state index contributed by atoms with van der Waals surface area (Å²) in [6.45, 7) is 0.637. The molecule has 92 valence electrons. The molecule has 17 heavy (non-hydrogen) atoms. The van der Waals surface area contributed by atoms with Gasteiger partial charge in [-0.3, -0.25) is 0 Å². The van der Waals surface area contributed by atoms with Crippen LogP contribution in [0.5, 0.6) is 0 Å². The quantitative estimate of drug-likeness (QED) is 0.682. The van der Waals surface area contributed by atoms with Gasteiger partial charge in [0.1, 0.15) is 0 Å². The molecule has 1 N–H and O–H groups in total. The molecule has 1 fully saturated rings. The molecule has 3 nitrogen and oxygen atoms in total. The third-order valence-electron chi connectivity index (χ3n) is 3.08. The molecule has 0 amide bonds. The predicted molar refractivity (Wildman–Crippen MR) is 70.4 cm³/mol. The van der Waals surface area contributed by atoms with Crippen LogP contribution in [0.1, 0.15) is 31.2 Å². The Labute approximate surface area is 110 Å². The second kappa shape index (κ2) is 6.17. The Morgan fingerprint density at radius 1 is 1.29 bits per heavy atom. The molecule has 4 heteroatoms. The zero-order valence-electron chi connectivity index (χ0n) is 9.60. The molecule has 0 aromatic heterocycles. The standard InChI is InChI=1S/C13H16BrNO2/c14-13-4-2-1-3-10(13)9-17-12-7-5-11(15-16)6-8-12/h1-4,12,16H,5-9H2. The van der Waals surface area contributed by atoms with Gasteiger partial charge in [-0.05, 0) is 37.3 Å². The summed E-state index contributed by atoms with van der Waals surface area (Å²) in [7, 11) is 0. The fraction of sp³-hybridized carbons (Fsp3) is 0.462. The van der Waals surface area contributed by atoms with Gasteiger partial charge in [0, 0.05) is 4.47 Å². The molecule has 0 saturated heterocycles. The maximum absolute atomic E-state index is 8.66. The van der Waals surface area contributed by atoms with E-state index in [1.807, 2.05) is 18.2 Å². The van der Waals surface area contributed by atoms with Crippen molar-refractivity contribution in [2.45, 2.75) is 38.4 Å². The van der Waals surface area contributed by atoms with Gasteiger partial charge in [-0.2, -0.15) is 0 Å². The molecule has 0 atom stereocenters. The summed E-state index contributed by atoms with van der Waals surface area (Å²) < 4.78 is 6.97. The summed E-state index contributed by atoms with van der Waals surface area (Å²) in [4.78, 5) is 0. The van der Waals surface area contributed by atoms with Crippen LogP contribution < -0.4 is 0 Å². The van der Waals surface area contributed by atoms with Crippen LogP contribution >= 0.6 is 15.9 Å². The molecular formula is C13H16BrNO2. The van der Waals surface area contributed by atoms with Gasteiger partial charge in [0.05, 0.1) is 18.4 Å². The number of hydrogen-bond donors (Lipinski definition) is 1. The van der Waals surface area contributed by atoms with Crippen molar-refractivity contribution in [3.05, 3.63) is 34.3 Å². The lowest BCUT2D eigenvalue weighted by Crippen LogP contribution is -2.21. The fourth-order valence-electron chi connectivity index (χ4n) is 2.01. The summed E-state index contributed by atoms with van der Waals surface area (Å²) in [6.07, 6.45) is 3.87. The predicted octanol–water partition coefficient (Wildman–Crippen LogP) is 3.74. The second-order valence-electron chi connectivity index (χ2n) is 4.27. The van der Waals surface area contributed by atoms with Gasteiger partial charge in [0.15, 0.2) is 0 Å². The Morgan fingerprint density at radius 2 is 2.00 bits per heavy atom. The van der Waals surface area contributed by atoms with Crippen LogP contribution in [-0.4, -0.2) is 17.0 Å². The molecule has 0 radical (unpaired) electrons. The number of rotatable bonds is 3. The third kappa shape index (κ3) is 3.54. The van der Waals surface area contributed by atoms with E-state index in [9.17, 15) is 0 Å². The molecular weight excluding hydrogens is 282 g/mol. The zero-order chi connectivity index (χ0) is 12.1. The first kappa shape index (κ1) is 12.6. The third-order valence-corrected chi connectivity index (χ3v) is 3.86. The smallest absolute Gasteiger partial charge is 0.0731 e. The number of benzene rings is 1. The molecule has 1 aliphatic carbocycles. The van der Waals surface area contributed by atoms with Crippen molar-refractivity contribution in [2.75, 3.05) is 0 Å². The minimum atomic E-state index is 0.285. The number of ether oxygens (including phenoxy) is 1. The number of hydrogen-bond acceptors (Lipinski definition) is 3. The van der Waals surface area contributed by atoms with Crippen molar-refractivity contribution in [3.8, 4) is 0 Å². The summed E-state index contributed by atoms with van der Waals surface area (Å²) in [5.41, 5.74) is 2.07. The highest BCUT2D eigenvalue weighted by atomic mass is 79.9. The molecule has 0 bridgehead atoms. The average molecular weight is 298 g/mol. The van der Waals surface area contributed by atoms with Gasteiger partial charge in [0.2, 0.25) is 0 Å². The van der Waals surface area contributed by atoms with Crippen LogP contribution in [0.2, 0.25) is 0 Å². The van der Waals surface area contributed by atoms with Gasteiger partial charge in [-0.15, -0.1) is 0 Å². The van der Waals surface area contributed by atoms with Crippen molar-refractivity contribution < 1.29 is 9.94 Å². The SMILES string of the molecule is ON=C1CCC(OCc2ccccc2Br)CC1. The van der Waals surface area contributed by atoms with E-state index in [4.69, 9.17) is 9.94 Å². The van der Waals surface area contributed by atoms with Gasteiger partial charge in [-0.25, -0.2) is 0 Å². The monoisotopic (exact) mass is 297 g/mol. The number of halogens is 1. The molecule has 1 aromatic rings. The number of nitrogens with zero attached hydrogens (tertiary/aromatic N) is 1. The highest BCUT2D eigenvalue weighted by Crippen LogP contribution is 2.22. The van der Waals surface area contributed by atoms with E-state index in [0.717, 1.165) is 35.9 Å². The van der Waals surface area contributed by atoms with Crippen LogP contribution in [-0.2, 0) is 11.3 Å². The maximum atomic E-state index is 8.66. The highest BCUT2D eigenvalue weighted by molar-refractivity contribution is 9.10. The summed E-state index contributed by atoms with van der Waals surface area (Å²) in [5, 5.41) is 11.9. The van der Waals surface area contributed by atoms with E-state index in [2.05, 4.69) is 27.2 Å². The van der Waals surface area contributed by atoms with Gasteiger partial charge in [0.25, 0.3) is 0 Å². The van der Waals surface area contributed by atoms with Crippen LogP contribution in [0.15, 0.2) is 33.9 Å². The van der Waals surface area contributed by atoms with E-state index in [1.54, 1.807) is 0 Å². The first-order valence-electron chi connectivity index (χ1n) is 5.84. The maximum Gasteiger partial charge on any atom is 0.0731 e. The van der Waals surface area contributed by atoms with E-state index in [1.165, 1.54) is 5.56 Å². The highest BCUT2D eigenvalue weighted by Gasteiger charge is 2.18. The van der Waals surface area contributed by atoms with E-state index < -0.39 is 0 Å². The summed E-state index contributed by atoms with van der Waals surface area (Å²) >= 11 is 3.51. The molecule has 0 aliphatic heterocycles. The molecule has 2 rings (SSSR count). The van der Waals surface area contributed by atoms with E-state index in [0.29, 0.717) is 6.61 Å². The Kier molecular flexibility index (Phi) is 4.57. The minimum absolute atomic E-state index is 0.285. The van der Waals surface area contributed by atoms with Crippen LogP contribution in [0.3, 0.4) is 0 Å².